The van der Waals surface area contributed by atoms with Gasteiger partial charge in [-0.25, -0.2) is 9.88 Å². The number of halogens is 3. The monoisotopic (exact) mass is 357 g/mol. The van der Waals surface area contributed by atoms with E-state index < -0.39 is 11.7 Å². The molecule has 0 saturated carbocycles. The Hall–Kier alpha value is -1.87. The average Bonchev–Trinajstić information content (AvgIpc) is 3.05. The highest BCUT2D eigenvalue weighted by molar-refractivity contribution is 8.15. The molecule has 2 heterocycles. The number of nitrogens with one attached hydrogen (secondary N) is 1. The highest BCUT2D eigenvalue weighted by Crippen LogP contribution is 2.32. The van der Waals surface area contributed by atoms with Crippen molar-refractivity contribution < 1.29 is 18.0 Å². The van der Waals surface area contributed by atoms with Crippen LogP contribution in [-0.4, -0.2) is 21.8 Å². The quantitative estimate of drug-likeness (QED) is 0.910. The molecule has 1 amide bonds. The summed E-state index contributed by atoms with van der Waals surface area (Å²) in [6, 6.07) is 5.13. The van der Waals surface area contributed by atoms with Crippen molar-refractivity contribution in [3.05, 3.63) is 46.5 Å². The molecule has 0 bridgehead atoms. The molecule has 23 heavy (non-hydrogen) atoms. The van der Waals surface area contributed by atoms with Crippen molar-refractivity contribution in [2.75, 3.05) is 10.7 Å². The Morgan fingerprint density at radius 2 is 2.13 bits per heavy atom. The second kappa shape index (κ2) is 5.97. The van der Waals surface area contributed by atoms with Crippen molar-refractivity contribution in [1.29, 1.82) is 5.41 Å². The van der Waals surface area contributed by atoms with E-state index in [1.54, 1.807) is 6.07 Å². The van der Waals surface area contributed by atoms with Crippen molar-refractivity contribution in [2.45, 2.75) is 12.6 Å². The third-order valence-corrected chi connectivity index (χ3v) is 4.98. The summed E-state index contributed by atoms with van der Waals surface area (Å²) >= 11 is 2.33. The third kappa shape index (κ3) is 3.40. The van der Waals surface area contributed by atoms with E-state index >= 15 is 0 Å². The second-order valence-electron chi connectivity index (χ2n) is 4.81. The van der Waals surface area contributed by atoms with E-state index in [2.05, 4.69) is 4.98 Å². The fourth-order valence-corrected chi connectivity index (χ4v) is 3.84. The highest BCUT2D eigenvalue weighted by Gasteiger charge is 2.31. The topological polar surface area (TPSA) is 57.1 Å². The molecule has 2 aromatic rings. The van der Waals surface area contributed by atoms with Crippen LogP contribution in [0.5, 0.6) is 0 Å². The number of amidine groups is 1. The van der Waals surface area contributed by atoms with Gasteiger partial charge in [0.1, 0.15) is 0 Å². The van der Waals surface area contributed by atoms with Gasteiger partial charge in [-0.15, -0.1) is 11.3 Å². The van der Waals surface area contributed by atoms with Gasteiger partial charge in [-0.05, 0) is 11.6 Å². The summed E-state index contributed by atoms with van der Waals surface area (Å²) in [7, 11) is 0. The van der Waals surface area contributed by atoms with Gasteiger partial charge < -0.3 is 0 Å². The van der Waals surface area contributed by atoms with Crippen LogP contribution in [0, 0.1) is 5.41 Å². The van der Waals surface area contributed by atoms with Crippen LogP contribution in [-0.2, 0) is 17.4 Å². The van der Waals surface area contributed by atoms with Gasteiger partial charge in [0, 0.05) is 17.5 Å². The van der Waals surface area contributed by atoms with E-state index in [9.17, 15) is 18.0 Å². The van der Waals surface area contributed by atoms with Gasteiger partial charge in [0.2, 0.25) is 5.91 Å². The number of alkyl halides is 3. The second-order valence-corrected chi connectivity index (χ2v) is 6.86. The van der Waals surface area contributed by atoms with E-state index in [0.29, 0.717) is 17.1 Å². The standard InChI is InChI=1S/C14H10F3N3OS2/c15-14(16,17)9-3-1-2-8(4-9)5-10-6-19-13(23-10)20-11(21)7-22-12(20)18/h1-4,6,18H,5,7H2. The number of hydrogen-bond donors (Lipinski definition) is 1. The minimum Gasteiger partial charge on any atom is -0.278 e. The van der Waals surface area contributed by atoms with Crippen LogP contribution in [0.1, 0.15) is 16.0 Å². The molecule has 0 aliphatic carbocycles. The predicted octanol–water partition coefficient (Wildman–Crippen LogP) is 3.77. The lowest BCUT2D eigenvalue weighted by atomic mass is 10.1. The lowest BCUT2D eigenvalue weighted by Crippen LogP contribution is -2.28. The minimum absolute atomic E-state index is 0.120. The summed E-state index contributed by atoms with van der Waals surface area (Å²) in [5.41, 5.74) is -0.167. The van der Waals surface area contributed by atoms with Crippen molar-refractivity contribution >= 4 is 39.3 Å². The van der Waals surface area contributed by atoms with E-state index in [-0.39, 0.29) is 16.8 Å². The molecule has 0 radical (unpaired) electrons. The maximum atomic E-state index is 12.7. The smallest absolute Gasteiger partial charge is 0.278 e. The number of thiazole rings is 1. The maximum Gasteiger partial charge on any atom is 0.416 e. The molecule has 4 nitrogen and oxygen atoms in total. The van der Waals surface area contributed by atoms with Crippen LogP contribution in [0.15, 0.2) is 30.5 Å². The lowest BCUT2D eigenvalue weighted by molar-refractivity contribution is -0.137. The zero-order chi connectivity index (χ0) is 16.6. The summed E-state index contributed by atoms with van der Waals surface area (Å²) < 4.78 is 38.2. The van der Waals surface area contributed by atoms with Crippen LogP contribution in [0.25, 0.3) is 0 Å². The number of rotatable bonds is 3. The molecule has 1 aromatic carbocycles. The first-order chi connectivity index (χ1) is 10.8. The Labute approximate surface area is 137 Å². The molecule has 1 fully saturated rings. The summed E-state index contributed by atoms with van der Waals surface area (Å²) in [4.78, 5) is 17.8. The fraction of sp³-hybridized carbons (Fsp3) is 0.214. The Morgan fingerprint density at radius 1 is 1.35 bits per heavy atom. The zero-order valence-corrected chi connectivity index (χ0v) is 13.2. The van der Waals surface area contributed by atoms with Gasteiger partial charge in [-0.1, -0.05) is 30.0 Å². The Kier molecular flexibility index (Phi) is 4.15. The van der Waals surface area contributed by atoms with E-state index in [1.165, 1.54) is 28.5 Å². The van der Waals surface area contributed by atoms with Gasteiger partial charge in [-0.2, -0.15) is 13.2 Å². The molecule has 0 unspecified atom stereocenters. The van der Waals surface area contributed by atoms with E-state index in [1.807, 2.05) is 0 Å². The highest BCUT2D eigenvalue weighted by atomic mass is 32.2. The molecule has 1 aliphatic rings. The summed E-state index contributed by atoms with van der Waals surface area (Å²) in [6.45, 7) is 0. The average molecular weight is 357 g/mol. The van der Waals surface area contributed by atoms with E-state index in [0.717, 1.165) is 28.8 Å². The van der Waals surface area contributed by atoms with Crippen molar-refractivity contribution in [3.8, 4) is 0 Å². The Balaban J connectivity index is 1.80. The number of nitrogens with zero attached hydrogens (tertiary/aromatic N) is 2. The first-order valence-corrected chi connectivity index (χ1v) is 8.30. The number of anilines is 1. The molecule has 120 valence electrons. The van der Waals surface area contributed by atoms with Gasteiger partial charge in [-0.3, -0.25) is 10.2 Å². The van der Waals surface area contributed by atoms with Crippen molar-refractivity contribution in [2.24, 2.45) is 0 Å². The van der Waals surface area contributed by atoms with Crippen LogP contribution >= 0.6 is 23.1 Å². The molecule has 1 aromatic heterocycles. The molecule has 0 spiro atoms. The van der Waals surface area contributed by atoms with Crippen LogP contribution in [0.2, 0.25) is 0 Å². The van der Waals surface area contributed by atoms with Gasteiger partial charge in [0.15, 0.2) is 10.3 Å². The van der Waals surface area contributed by atoms with Crippen LogP contribution in [0.3, 0.4) is 0 Å². The molecular formula is C14H10F3N3OS2. The van der Waals surface area contributed by atoms with E-state index in [4.69, 9.17) is 5.41 Å². The third-order valence-electron chi connectivity index (χ3n) is 3.15. The Bertz CT molecular complexity index is 757. The molecule has 0 atom stereocenters. The summed E-state index contributed by atoms with van der Waals surface area (Å²) in [6.07, 6.45) is -2.54. The lowest BCUT2D eigenvalue weighted by Gasteiger charge is -2.09. The molecule has 9 heteroatoms. The number of thioether (sulfide) groups is 1. The molecule has 3 rings (SSSR count). The largest absolute Gasteiger partial charge is 0.416 e. The van der Waals surface area contributed by atoms with Gasteiger partial charge in [0.05, 0.1) is 11.3 Å². The SMILES string of the molecule is N=C1SCC(=O)N1c1ncc(Cc2cccc(C(F)(F)F)c2)s1. The first-order valence-electron chi connectivity index (χ1n) is 6.50. The Morgan fingerprint density at radius 3 is 2.78 bits per heavy atom. The number of amides is 1. The maximum absolute atomic E-state index is 12.7. The van der Waals surface area contributed by atoms with Gasteiger partial charge in [0.25, 0.3) is 0 Å². The molecular weight excluding hydrogens is 347 g/mol. The number of aromatic nitrogens is 1. The molecule has 1 saturated heterocycles. The van der Waals surface area contributed by atoms with Gasteiger partial charge >= 0.3 is 6.18 Å². The zero-order valence-electron chi connectivity index (χ0n) is 11.6. The normalized spacial score (nSPS) is 15.5. The fourth-order valence-electron chi connectivity index (χ4n) is 2.11. The van der Waals surface area contributed by atoms with Crippen LogP contribution < -0.4 is 4.90 Å². The number of hydrogen-bond acceptors (Lipinski definition) is 5. The predicted molar refractivity (Wildman–Crippen MR) is 84.0 cm³/mol. The molecule has 1 N–H and O–H groups in total. The van der Waals surface area contributed by atoms with Crippen molar-refractivity contribution in [1.82, 2.24) is 4.98 Å². The number of carbonyl (C=O) groups excluding carboxylic acids is 1. The number of benzene rings is 1. The molecule has 1 aliphatic heterocycles. The van der Waals surface area contributed by atoms with Crippen molar-refractivity contribution in [3.63, 3.8) is 0 Å². The van der Waals surface area contributed by atoms with Crippen LogP contribution in [0.4, 0.5) is 18.3 Å². The summed E-state index contributed by atoms with van der Waals surface area (Å²) in [5.74, 6) is 0.00133. The number of carbonyl (C=O) groups is 1. The minimum atomic E-state index is -4.37. The summed E-state index contributed by atoms with van der Waals surface area (Å²) in [5, 5.41) is 8.21. The first kappa shape index (κ1) is 16.0.